The fourth-order valence-corrected chi connectivity index (χ4v) is 2.17. The van der Waals surface area contributed by atoms with Crippen molar-refractivity contribution in [3.8, 4) is 5.75 Å². The second kappa shape index (κ2) is 9.56. The normalized spacial score (nSPS) is 15.0. The van der Waals surface area contributed by atoms with Gasteiger partial charge in [-0.1, -0.05) is 27.2 Å². The highest BCUT2D eigenvalue weighted by Crippen LogP contribution is 2.23. The molecule has 0 atom stereocenters. The van der Waals surface area contributed by atoms with Crippen LogP contribution in [0.4, 0.5) is 14.6 Å². The van der Waals surface area contributed by atoms with Gasteiger partial charge in [-0.15, -0.1) is 0 Å². The predicted octanol–water partition coefficient (Wildman–Crippen LogP) is 3.33. The molecular formula is C16H27F2N3O. The lowest BCUT2D eigenvalue weighted by Gasteiger charge is -2.28. The van der Waals surface area contributed by atoms with Crippen LogP contribution in [0, 0.1) is 0 Å². The molecule has 0 saturated carbocycles. The zero-order chi connectivity index (χ0) is 16.4. The van der Waals surface area contributed by atoms with Gasteiger partial charge in [-0.25, -0.2) is 13.8 Å². The second-order valence-corrected chi connectivity index (χ2v) is 4.98. The van der Waals surface area contributed by atoms with Gasteiger partial charge < -0.3 is 15.0 Å². The number of alkyl halides is 2. The van der Waals surface area contributed by atoms with Gasteiger partial charge >= 0.3 is 0 Å². The third-order valence-corrected chi connectivity index (χ3v) is 3.23. The lowest BCUT2D eigenvalue weighted by Crippen LogP contribution is -2.43. The van der Waals surface area contributed by atoms with Crippen LogP contribution in [-0.4, -0.2) is 43.7 Å². The molecule has 0 amide bonds. The van der Waals surface area contributed by atoms with E-state index < -0.39 is 12.5 Å². The molecule has 0 aliphatic carbocycles. The van der Waals surface area contributed by atoms with Crippen LogP contribution in [0.3, 0.4) is 0 Å². The van der Waals surface area contributed by atoms with E-state index in [0.717, 1.165) is 32.0 Å². The molecule has 1 aromatic rings. The Bertz CT molecular complexity index is 406. The van der Waals surface area contributed by atoms with Crippen molar-refractivity contribution in [2.24, 2.45) is 0 Å². The summed E-state index contributed by atoms with van der Waals surface area (Å²) >= 11 is 0. The molecule has 1 N–H and O–H groups in total. The molecule has 0 aromatic carbocycles. The van der Waals surface area contributed by atoms with Crippen molar-refractivity contribution in [3.05, 3.63) is 18.3 Å². The van der Waals surface area contributed by atoms with E-state index in [0.29, 0.717) is 12.2 Å². The largest absolute Gasteiger partial charge is 0.486 e. The monoisotopic (exact) mass is 315 g/mol. The van der Waals surface area contributed by atoms with E-state index in [-0.39, 0.29) is 6.42 Å². The lowest BCUT2D eigenvalue weighted by molar-refractivity contribution is -0.0481. The summed E-state index contributed by atoms with van der Waals surface area (Å²) in [5.74, 6) is -1.52. The number of pyridine rings is 1. The van der Waals surface area contributed by atoms with E-state index in [1.165, 1.54) is 6.20 Å². The van der Waals surface area contributed by atoms with E-state index in [1.807, 2.05) is 19.9 Å². The molecule has 4 nitrogen and oxygen atoms in total. The van der Waals surface area contributed by atoms with Crippen molar-refractivity contribution >= 4 is 5.82 Å². The van der Waals surface area contributed by atoms with E-state index in [9.17, 15) is 8.78 Å². The van der Waals surface area contributed by atoms with Gasteiger partial charge in [0, 0.05) is 32.6 Å². The summed E-state index contributed by atoms with van der Waals surface area (Å²) in [6, 6.07) is 3.52. The Morgan fingerprint density at radius 1 is 1.27 bits per heavy atom. The highest BCUT2D eigenvalue weighted by Gasteiger charge is 2.28. The van der Waals surface area contributed by atoms with Crippen molar-refractivity contribution in [1.29, 1.82) is 0 Å². The zero-order valence-electron chi connectivity index (χ0n) is 13.7. The van der Waals surface area contributed by atoms with Crippen molar-refractivity contribution < 1.29 is 13.5 Å². The SMILES string of the molecule is CC.CCCC(F)(F)COc1ccc(N2CCNCC2)nc1. The number of hydrogen-bond donors (Lipinski definition) is 1. The van der Waals surface area contributed by atoms with E-state index in [1.54, 1.807) is 13.0 Å². The van der Waals surface area contributed by atoms with Crippen LogP contribution in [-0.2, 0) is 0 Å². The molecule has 2 heterocycles. The number of ether oxygens (including phenoxy) is 1. The summed E-state index contributed by atoms with van der Waals surface area (Å²) in [4.78, 5) is 6.44. The number of aromatic nitrogens is 1. The predicted molar refractivity (Wildman–Crippen MR) is 86.0 cm³/mol. The minimum Gasteiger partial charge on any atom is -0.486 e. The zero-order valence-corrected chi connectivity index (χ0v) is 13.7. The van der Waals surface area contributed by atoms with Gasteiger partial charge in [0.05, 0.1) is 6.20 Å². The van der Waals surface area contributed by atoms with Crippen LogP contribution < -0.4 is 15.0 Å². The van der Waals surface area contributed by atoms with E-state index in [4.69, 9.17) is 4.74 Å². The molecule has 126 valence electrons. The van der Waals surface area contributed by atoms with E-state index >= 15 is 0 Å². The summed E-state index contributed by atoms with van der Waals surface area (Å²) in [6.45, 7) is 8.82. The third kappa shape index (κ3) is 6.13. The van der Waals surface area contributed by atoms with Gasteiger partial charge in [0.25, 0.3) is 5.92 Å². The molecule has 1 fully saturated rings. The lowest BCUT2D eigenvalue weighted by atomic mass is 10.2. The second-order valence-electron chi connectivity index (χ2n) is 4.98. The number of rotatable bonds is 6. The number of piperazine rings is 1. The van der Waals surface area contributed by atoms with Crippen LogP contribution in [0.2, 0.25) is 0 Å². The fraction of sp³-hybridized carbons (Fsp3) is 0.688. The average Bonchev–Trinajstić information content (AvgIpc) is 2.56. The van der Waals surface area contributed by atoms with Crippen molar-refractivity contribution in [2.75, 3.05) is 37.7 Å². The fourth-order valence-electron chi connectivity index (χ4n) is 2.17. The summed E-state index contributed by atoms with van der Waals surface area (Å²) in [6.07, 6.45) is 1.80. The van der Waals surface area contributed by atoms with Crippen LogP contribution in [0.5, 0.6) is 5.75 Å². The topological polar surface area (TPSA) is 37.4 Å². The average molecular weight is 315 g/mol. The minimum atomic E-state index is -2.77. The van der Waals surface area contributed by atoms with E-state index in [2.05, 4.69) is 15.2 Å². The van der Waals surface area contributed by atoms with Gasteiger partial charge in [0.1, 0.15) is 11.6 Å². The van der Waals surface area contributed by atoms with Crippen molar-refractivity contribution in [3.63, 3.8) is 0 Å². The Kier molecular flexibility index (Phi) is 8.09. The maximum absolute atomic E-state index is 13.3. The first-order chi connectivity index (χ1) is 10.6. The number of halogens is 2. The molecule has 0 radical (unpaired) electrons. The van der Waals surface area contributed by atoms with Gasteiger partial charge in [0.15, 0.2) is 6.61 Å². The molecule has 0 unspecified atom stereocenters. The molecule has 1 saturated heterocycles. The van der Waals surface area contributed by atoms with Crippen molar-refractivity contribution in [1.82, 2.24) is 10.3 Å². The number of hydrogen-bond acceptors (Lipinski definition) is 4. The van der Waals surface area contributed by atoms with Crippen LogP contribution in [0.1, 0.15) is 33.6 Å². The molecule has 1 aromatic heterocycles. The molecule has 0 bridgehead atoms. The molecule has 0 spiro atoms. The van der Waals surface area contributed by atoms with Gasteiger partial charge in [-0.3, -0.25) is 0 Å². The number of nitrogens with zero attached hydrogens (tertiary/aromatic N) is 2. The molecule has 1 aliphatic heterocycles. The maximum Gasteiger partial charge on any atom is 0.281 e. The van der Waals surface area contributed by atoms with Crippen LogP contribution in [0.25, 0.3) is 0 Å². The maximum atomic E-state index is 13.3. The Balaban J connectivity index is 0.00000116. The summed E-state index contributed by atoms with van der Waals surface area (Å²) in [7, 11) is 0. The molecule has 22 heavy (non-hydrogen) atoms. The standard InChI is InChI=1S/C14H21F2N3O.C2H6/c1-2-5-14(15,16)11-20-12-3-4-13(18-10-12)19-8-6-17-7-9-19;1-2/h3-4,10,17H,2,5-9,11H2,1H3;1-2H3. The molecule has 2 rings (SSSR count). The summed E-state index contributed by atoms with van der Waals surface area (Å²) in [5.41, 5.74) is 0. The highest BCUT2D eigenvalue weighted by molar-refractivity contribution is 5.41. The Morgan fingerprint density at radius 2 is 1.95 bits per heavy atom. The smallest absolute Gasteiger partial charge is 0.281 e. The van der Waals surface area contributed by atoms with Crippen LogP contribution >= 0.6 is 0 Å². The Morgan fingerprint density at radius 3 is 2.50 bits per heavy atom. The third-order valence-electron chi connectivity index (χ3n) is 3.23. The minimum absolute atomic E-state index is 0.153. The first kappa shape index (κ1) is 18.6. The molecule has 6 heteroatoms. The van der Waals surface area contributed by atoms with Crippen molar-refractivity contribution in [2.45, 2.75) is 39.5 Å². The number of nitrogens with one attached hydrogen (secondary N) is 1. The van der Waals surface area contributed by atoms with Gasteiger partial charge in [0.2, 0.25) is 0 Å². The highest BCUT2D eigenvalue weighted by atomic mass is 19.3. The summed E-state index contributed by atoms with van der Waals surface area (Å²) in [5, 5.41) is 3.27. The number of anilines is 1. The van der Waals surface area contributed by atoms with Crippen LogP contribution in [0.15, 0.2) is 18.3 Å². The Labute approximate surface area is 131 Å². The summed E-state index contributed by atoms with van der Waals surface area (Å²) < 4.78 is 31.8. The molecule has 1 aliphatic rings. The molecular weight excluding hydrogens is 288 g/mol. The van der Waals surface area contributed by atoms with Gasteiger partial charge in [-0.05, 0) is 12.1 Å². The first-order valence-electron chi connectivity index (χ1n) is 8.03. The van der Waals surface area contributed by atoms with Gasteiger partial charge in [-0.2, -0.15) is 0 Å². The Hall–Kier alpha value is -1.43. The quantitative estimate of drug-likeness (QED) is 0.874. The first-order valence-corrected chi connectivity index (χ1v) is 8.03.